The lowest BCUT2D eigenvalue weighted by atomic mass is 9.99. The lowest BCUT2D eigenvalue weighted by molar-refractivity contribution is -0.143. The van der Waals surface area contributed by atoms with Gasteiger partial charge < -0.3 is 4.74 Å². The Morgan fingerprint density at radius 2 is 0.633 bits per heavy atom. The molecule has 1 unspecified atom stereocenters. The van der Waals surface area contributed by atoms with Crippen LogP contribution in [0.4, 0.5) is 0 Å². The third-order valence-electron chi connectivity index (χ3n) is 11.3. The smallest absolute Gasteiger partial charge is 0.305 e. The molecule has 49 heavy (non-hydrogen) atoms. The first-order chi connectivity index (χ1) is 24.2. The third-order valence-corrected chi connectivity index (χ3v) is 11.3. The molecule has 2 heteroatoms. The second kappa shape index (κ2) is 43.6. The average molecular weight is 691 g/mol. The van der Waals surface area contributed by atoms with Crippen molar-refractivity contribution in [2.45, 2.75) is 284 Å². The fourth-order valence-corrected chi connectivity index (χ4v) is 7.41. The van der Waals surface area contributed by atoms with E-state index in [2.05, 4.69) is 20.8 Å². The Hall–Kier alpha value is -0.530. The Bertz CT molecular complexity index is 601. The van der Waals surface area contributed by atoms with Crippen LogP contribution in [0.5, 0.6) is 0 Å². The van der Waals surface area contributed by atoms with Crippen molar-refractivity contribution in [2.24, 2.45) is 5.92 Å². The number of hydrogen-bond acceptors (Lipinski definition) is 2. The molecule has 0 rings (SSSR count). The van der Waals surface area contributed by atoms with Crippen molar-refractivity contribution in [3.63, 3.8) is 0 Å². The number of esters is 1. The van der Waals surface area contributed by atoms with E-state index in [0.717, 1.165) is 18.8 Å². The summed E-state index contributed by atoms with van der Waals surface area (Å²) < 4.78 is 5.44. The Kier molecular flexibility index (Phi) is 43.2. The van der Waals surface area contributed by atoms with Crippen molar-refractivity contribution >= 4 is 5.97 Å². The van der Waals surface area contributed by atoms with E-state index in [1.165, 1.54) is 244 Å². The molecule has 0 aliphatic heterocycles. The largest absolute Gasteiger partial charge is 0.466 e. The predicted octanol–water partition coefficient (Wildman–Crippen LogP) is 17.2. The molecule has 0 aromatic carbocycles. The van der Waals surface area contributed by atoms with Crippen molar-refractivity contribution in [3.8, 4) is 0 Å². The zero-order valence-electron chi connectivity index (χ0n) is 34.6. The van der Waals surface area contributed by atoms with Crippen LogP contribution in [0.25, 0.3) is 0 Å². The van der Waals surface area contributed by atoms with Gasteiger partial charge in [-0.05, 0) is 18.8 Å². The Balaban J connectivity index is 3.11. The van der Waals surface area contributed by atoms with Gasteiger partial charge in [0.15, 0.2) is 0 Å². The van der Waals surface area contributed by atoms with Gasteiger partial charge in [-0.1, -0.05) is 265 Å². The number of carbonyl (C=O) groups is 1. The average Bonchev–Trinajstić information content (AvgIpc) is 3.11. The minimum atomic E-state index is 0.0264. The molecule has 0 aliphatic rings. The number of carbonyl (C=O) groups excluding carboxylic acids is 1. The highest BCUT2D eigenvalue weighted by Gasteiger charge is 2.03. The van der Waals surface area contributed by atoms with Crippen molar-refractivity contribution < 1.29 is 9.53 Å². The third kappa shape index (κ3) is 43.6. The first kappa shape index (κ1) is 48.5. The SMILES string of the molecule is CCCCCCCCCCCC(=O)OCCCCCCCCCCCCCCCCCCCCCCCCCCCCCCCC(C)CC. The van der Waals surface area contributed by atoms with E-state index < -0.39 is 0 Å². The van der Waals surface area contributed by atoms with Crippen LogP contribution in [-0.2, 0) is 9.53 Å². The Labute approximate surface area is 311 Å². The van der Waals surface area contributed by atoms with Gasteiger partial charge in [0.1, 0.15) is 0 Å². The molecule has 0 aliphatic carbocycles. The molecule has 294 valence electrons. The summed E-state index contributed by atoms with van der Waals surface area (Å²) in [5.74, 6) is 0.967. The standard InChI is InChI=1S/C47H94O2/c1-4-6-7-8-9-31-35-38-41-44-47(48)49-45-42-39-36-33-30-28-26-24-22-20-18-16-14-12-10-11-13-15-17-19-21-23-25-27-29-32-34-37-40-43-46(3)5-2/h46H,4-45H2,1-3H3. The van der Waals surface area contributed by atoms with E-state index in [4.69, 9.17) is 4.74 Å². The maximum absolute atomic E-state index is 11.9. The van der Waals surface area contributed by atoms with E-state index >= 15 is 0 Å². The summed E-state index contributed by atoms with van der Waals surface area (Å²) in [6.45, 7) is 7.63. The van der Waals surface area contributed by atoms with E-state index in [9.17, 15) is 4.79 Å². The van der Waals surface area contributed by atoms with Gasteiger partial charge in [0.05, 0.1) is 6.61 Å². The van der Waals surface area contributed by atoms with Crippen LogP contribution in [0.3, 0.4) is 0 Å². The lowest BCUT2D eigenvalue weighted by Crippen LogP contribution is -2.05. The van der Waals surface area contributed by atoms with Gasteiger partial charge in [-0.3, -0.25) is 4.79 Å². The molecule has 0 aromatic rings. The van der Waals surface area contributed by atoms with Gasteiger partial charge in [-0.2, -0.15) is 0 Å². The second-order valence-electron chi connectivity index (χ2n) is 16.4. The molecule has 0 heterocycles. The lowest BCUT2D eigenvalue weighted by Gasteiger charge is -2.07. The maximum atomic E-state index is 11.9. The molecular formula is C47H94O2. The minimum Gasteiger partial charge on any atom is -0.466 e. The molecule has 0 saturated carbocycles. The van der Waals surface area contributed by atoms with Crippen LogP contribution in [0, 0.1) is 5.92 Å². The molecule has 0 aromatic heterocycles. The topological polar surface area (TPSA) is 26.3 Å². The molecule has 0 bridgehead atoms. The fraction of sp³-hybridized carbons (Fsp3) is 0.979. The zero-order chi connectivity index (χ0) is 35.6. The van der Waals surface area contributed by atoms with Gasteiger partial charge in [0, 0.05) is 6.42 Å². The minimum absolute atomic E-state index is 0.0264. The van der Waals surface area contributed by atoms with Crippen LogP contribution in [0.1, 0.15) is 284 Å². The van der Waals surface area contributed by atoms with Gasteiger partial charge >= 0.3 is 5.97 Å². The monoisotopic (exact) mass is 691 g/mol. The number of rotatable bonds is 43. The summed E-state index contributed by atoms with van der Waals surface area (Å²) >= 11 is 0. The van der Waals surface area contributed by atoms with Crippen LogP contribution >= 0.6 is 0 Å². The van der Waals surface area contributed by atoms with Crippen LogP contribution in [0.2, 0.25) is 0 Å². The normalized spacial score (nSPS) is 12.1. The number of hydrogen-bond donors (Lipinski definition) is 0. The van der Waals surface area contributed by atoms with Gasteiger partial charge in [0.25, 0.3) is 0 Å². The molecular weight excluding hydrogens is 597 g/mol. The predicted molar refractivity (Wildman–Crippen MR) is 221 cm³/mol. The van der Waals surface area contributed by atoms with E-state index in [0.29, 0.717) is 13.0 Å². The molecule has 0 saturated heterocycles. The molecule has 0 N–H and O–H groups in total. The summed E-state index contributed by atoms with van der Waals surface area (Å²) in [4.78, 5) is 11.9. The summed E-state index contributed by atoms with van der Waals surface area (Å²) in [6, 6.07) is 0. The van der Waals surface area contributed by atoms with Crippen LogP contribution in [0.15, 0.2) is 0 Å². The maximum Gasteiger partial charge on any atom is 0.305 e. The highest BCUT2D eigenvalue weighted by molar-refractivity contribution is 5.69. The number of ether oxygens (including phenoxy) is 1. The summed E-state index contributed by atoms with van der Waals surface area (Å²) in [7, 11) is 0. The van der Waals surface area contributed by atoms with Gasteiger partial charge in [-0.25, -0.2) is 0 Å². The second-order valence-corrected chi connectivity index (χ2v) is 16.4. The molecule has 0 radical (unpaired) electrons. The summed E-state index contributed by atoms with van der Waals surface area (Å²) in [5.41, 5.74) is 0. The highest BCUT2D eigenvalue weighted by atomic mass is 16.5. The van der Waals surface area contributed by atoms with Crippen molar-refractivity contribution in [3.05, 3.63) is 0 Å². The van der Waals surface area contributed by atoms with Crippen molar-refractivity contribution in [1.82, 2.24) is 0 Å². The van der Waals surface area contributed by atoms with E-state index in [1.54, 1.807) is 0 Å². The molecule has 0 fully saturated rings. The van der Waals surface area contributed by atoms with Gasteiger partial charge in [-0.15, -0.1) is 0 Å². The first-order valence-corrected chi connectivity index (χ1v) is 23.4. The molecule has 2 nitrogen and oxygen atoms in total. The highest BCUT2D eigenvalue weighted by Crippen LogP contribution is 2.18. The summed E-state index contributed by atoms with van der Waals surface area (Å²) in [5, 5.41) is 0. The zero-order valence-corrected chi connectivity index (χ0v) is 34.6. The molecule has 1 atom stereocenters. The van der Waals surface area contributed by atoms with Crippen molar-refractivity contribution in [1.29, 1.82) is 0 Å². The first-order valence-electron chi connectivity index (χ1n) is 23.4. The number of unbranched alkanes of at least 4 members (excludes halogenated alkanes) is 36. The fourth-order valence-electron chi connectivity index (χ4n) is 7.41. The molecule has 0 spiro atoms. The van der Waals surface area contributed by atoms with Crippen LogP contribution < -0.4 is 0 Å². The quantitative estimate of drug-likeness (QED) is 0.0470. The van der Waals surface area contributed by atoms with Crippen molar-refractivity contribution in [2.75, 3.05) is 6.61 Å². The Morgan fingerprint density at radius 3 is 0.939 bits per heavy atom. The van der Waals surface area contributed by atoms with E-state index in [1.807, 2.05) is 0 Å². The van der Waals surface area contributed by atoms with Gasteiger partial charge in [0.2, 0.25) is 0 Å². The van der Waals surface area contributed by atoms with E-state index in [-0.39, 0.29) is 5.97 Å². The summed E-state index contributed by atoms with van der Waals surface area (Å²) in [6.07, 6.45) is 56.6. The molecule has 0 amide bonds. The Morgan fingerprint density at radius 1 is 0.367 bits per heavy atom. The van der Waals surface area contributed by atoms with Crippen LogP contribution in [-0.4, -0.2) is 12.6 Å².